The Morgan fingerprint density at radius 1 is 0.848 bits per heavy atom. The van der Waals surface area contributed by atoms with Crippen molar-refractivity contribution in [3.05, 3.63) is 83.4 Å². The minimum absolute atomic E-state index is 0.322. The number of benzene rings is 3. The number of carbonyl (C=O) groups is 3. The van der Waals surface area contributed by atoms with Crippen molar-refractivity contribution in [3.8, 4) is 11.1 Å². The maximum atomic E-state index is 12.5. The molecule has 0 unspecified atom stereocenters. The number of aliphatic carboxylic acids is 1. The predicted octanol–water partition coefficient (Wildman–Crippen LogP) is 5.16. The standard InChI is InChI=1S/C26H27N3O4/c1-16-5-14-23(17(2)15-16)28-26(33)27-22-12-10-20(11-13-22)19-6-8-21(9-7-19)24(30)29(4)18(3)25(31)32/h5-15,18H,1-4H3,(H,31,32)(H2,27,28,33)/t18-/m0/s1. The molecular weight excluding hydrogens is 418 g/mol. The molecule has 7 heteroatoms. The molecule has 0 aliphatic carbocycles. The Bertz CT molecular complexity index is 1170. The third kappa shape index (κ3) is 5.77. The largest absolute Gasteiger partial charge is 0.480 e. The van der Waals surface area contributed by atoms with Crippen LogP contribution in [0, 0.1) is 13.8 Å². The molecule has 0 fully saturated rings. The average Bonchev–Trinajstić information content (AvgIpc) is 2.80. The van der Waals surface area contributed by atoms with Gasteiger partial charge in [0.2, 0.25) is 0 Å². The SMILES string of the molecule is Cc1ccc(NC(=O)Nc2ccc(-c3ccc(C(=O)N(C)[C@@H](C)C(=O)O)cc3)cc2)c(C)c1. The van der Waals surface area contributed by atoms with Crippen LogP contribution in [0.4, 0.5) is 16.2 Å². The van der Waals surface area contributed by atoms with Crippen LogP contribution in [0.2, 0.25) is 0 Å². The number of nitrogens with one attached hydrogen (secondary N) is 2. The zero-order chi connectivity index (χ0) is 24.1. The van der Waals surface area contributed by atoms with Gasteiger partial charge in [0.05, 0.1) is 0 Å². The molecule has 3 rings (SSSR count). The monoisotopic (exact) mass is 445 g/mol. The first kappa shape index (κ1) is 23.5. The van der Waals surface area contributed by atoms with Crippen LogP contribution in [0.1, 0.15) is 28.4 Å². The fourth-order valence-electron chi connectivity index (χ4n) is 3.33. The summed E-state index contributed by atoms with van der Waals surface area (Å²) in [7, 11) is 1.47. The Morgan fingerprint density at radius 3 is 1.97 bits per heavy atom. The van der Waals surface area contributed by atoms with Gasteiger partial charge < -0.3 is 20.6 Å². The molecule has 0 saturated carbocycles. The van der Waals surface area contributed by atoms with Crippen LogP contribution in [0.25, 0.3) is 11.1 Å². The predicted molar refractivity (Wildman–Crippen MR) is 130 cm³/mol. The Hall–Kier alpha value is -4.13. The van der Waals surface area contributed by atoms with Crippen molar-refractivity contribution in [1.82, 2.24) is 4.90 Å². The van der Waals surface area contributed by atoms with E-state index in [1.165, 1.54) is 18.9 Å². The molecule has 33 heavy (non-hydrogen) atoms. The lowest BCUT2D eigenvalue weighted by molar-refractivity contribution is -0.141. The van der Waals surface area contributed by atoms with Crippen molar-refractivity contribution in [3.63, 3.8) is 0 Å². The summed E-state index contributed by atoms with van der Waals surface area (Å²) < 4.78 is 0. The number of likely N-dealkylation sites (N-methyl/N-ethyl adjacent to an activating group) is 1. The highest BCUT2D eigenvalue weighted by Crippen LogP contribution is 2.23. The lowest BCUT2D eigenvalue weighted by Crippen LogP contribution is -2.40. The summed E-state index contributed by atoms with van der Waals surface area (Å²) in [5, 5.41) is 14.8. The van der Waals surface area contributed by atoms with Crippen molar-refractivity contribution in [2.24, 2.45) is 0 Å². The molecule has 0 aromatic heterocycles. The van der Waals surface area contributed by atoms with Crippen LogP contribution in [-0.4, -0.2) is 41.0 Å². The molecule has 170 valence electrons. The summed E-state index contributed by atoms with van der Waals surface area (Å²) in [5.74, 6) is -1.41. The third-order valence-electron chi connectivity index (χ3n) is 5.50. The maximum absolute atomic E-state index is 12.5. The molecule has 1 atom stereocenters. The highest BCUT2D eigenvalue weighted by atomic mass is 16.4. The number of carboxylic acid groups (broad SMARTS) is 1. The molecule has 7 nitrogen and oxygen atoms in total. The van der Waals surface area contributed by atoms with E-state index in [0.29, 0.717) is 11.3 Å². The Morgan fingerprint density at radius 2 is 1.42 bits per heavy atom. The minimum Gasteiger partial charge on any atom is -0.480 e. The molecule has 0 aliphatic heterocycles. The summed E-state index contributed by atoms with van der Waals surface area (Å²) in [6, 6.07) is 18.9. The van der Waals surface area contributed by atoms with Gasteiger partial charge in [-0.25, -0.2) is 9.59 Å². The van der Waals surface area contributed by atoms with Gasteiger partial charge in [-0.2, -0.15) is 0 Å². The van der Waals surface area contributed by atoms with E-state index in [9.17, 15) is 14.4 Å². The number of hydrogen-bond acceptors (Lipinski definition) is 3. The first-order valence-electron chi connectivity index (χ1n) is 10.5. The second-order valence-corrected chi connectivity index (χ2v) is 7.98. The Kier molecular flexibility index (Phi) is 7.13. The summed E-state index contributed by atoms with van der Waals surface area (Å²) in [6.45, 7) is 5.41. The number of aryl methyl sites for hydroxylation is 2. The zero-order valence-electron chi connectivity index (χ0n) is 19.0. The smallest absolute Gasteiger partial charge is 0.326 e. The number of carboxylic acids is 1. The fraction of sp³-hybridized carbons (Fsp3) is 0.192. The summed E-state index contributed by atoms with van der Waals surface area (Å²) in [5.41, 5.74) is 5.76. The van der Waals surface area contributed by atoms with Gasteiger partial charge in [0.1, 0.15) is 6.04 Å². The van der Waals surface area contributed by atoms with Crippen LogP contribution in [0.5, 0.6) is 0 Å². The van der Waals surface area contributed by atoms with Crippen molar-refractivity contribution < 1.29 is 19.5 Å². The number of carbonyl (C=O) groups excluding carboxylic acids is 2. The van der Waals surface area contributed by atoms with E-state index in [1.54, 1.807) is 24.3 Å². The quantitative estimate of drug-likeness (QED) is 0.488. The van der Waals surface area contributed by atoms with Crippen LogP contribution in [0.15, 0.2) is 66.7 Å². The number of anilines is 2. The summed E-state index contributed by atoms with van der Waals surface area (Å²) >= 11 is 0. The molecule has 0 heterocycles. The molecule has 3 aromatic rings. The highest BCUT2D eigenvalue weighted by Gasteiger charge is 2.22. The molecule has 3 aromatic carbocycles. The van der Waals surface area contributed by atoms with E-state index in [2.05, 4.69) is 10.6 Å². The van der Waals surface area contributed by atoms with Gasteiger partial charge in [-0.15, -0.1) is 0 Å². The lowest BCUT2D eigenvalue weighted by Gasteiger charge is -2.21. The average molecular weight is 446 g/mol. The van der Waals surface area contributed by atoms with E-state index >= 15 is 0 Å². The highest BCUT2D eigenvalue weighted by molar-refractivity contribution is 6.00. The van der Waals surface area contributed by atoms with Crippen molar-refractivity contribution in [1.29, 1.82) is 0 Å². The van der Waals surface area contributed by atoms with E-state index < -0.39 is 12.0 Å². The van der Waals surface area contributed by atoms with Gasteiger partial charge >= 0.3 is 12.0 Å². The molecule has 0 aliphatic rings. The number of urea groups is 1. The molecule has 0 saturated heterocycles. The number of nitrogens with zero attached hydrogens (tertiary/aromatic N) is 1. The molecule has 0 radical (unpaired) electrons. The van der Waals surface area contributed by atoms with Gasteiger partial charge in [-0.05, 0) is 67.8 Å². The first-order chi connectivity index (χ1) is 15.7. The van der Waals surface area contributed by atoms with E-state index in [0.717, 1.165) is 27.9 Å². The molecule has 0 spiro atoms. The van der Waals surface area contributed by atoms with Crippen LogP contribution in [0.3, 0.4) is 0 Å². The molecule has 3 N–H and O–H groups in total. The second-order valence-electron chi connectivity index (χ2n) is 7.98. The van der Waals surface area contributed by atoms with Gasteiger partial charge in [0, 0.05) is 24.0 Å². The van der Waals surface area contributed by atoms with Crippen LogP contribution in [-0.2, 0) is 4.79 Å². The summed E-state index contributed by atoms with van der Waals surface area (Å²) in [6.07, 6.45) is 0. The maximum Gasteiger partial charge on any atom is 0.326 e. The van der Waals surface area contributed by atoms with E-state index in [1.807, 2.05) is 56.3 Å². The normalized spacial score (nSPS) is 11.4. The van der Waals surface area contributed by atoms with Gasteiger partial charge in [-0.1, -0.05) is 42.0 Å². The second kappa shape index (κ2) is 9.99. The number of amides is 3. The van der Waals surface area contributed by atoms with Gasteiger partial charge in [0.15, 0.2) is 0 Å². The number of hydrogen-bond donors (Lipinski definition) is 3. The van der Waals surface area contributed by atoms with Crippen LogP contribution >= 0.6 is 0 Å². The van der Waals surface area contributed by atoms with Gasteiger partial charge in [-0.3, -0.25) is 4.79 Å². The van der Waals surface area contributed by atoms with E-state index in [-0.39, 0.29) is 11.9 Å². The number of rotatable bonds is 6. The van der Waals surface area contributed by atoms with Crippen molar-refractivity contribution in [2.45, 2.75) is 26.8 Å². The Labute approximate surface area is 193 Å². The molecule has 3 amide bonds. The fourth-order valence-corrected chi connectivity index (χ4v) is 3.33. The Balaban J connectivity index is 1.64. The topological polar surface area (TPSA) is 98.7 Å². The van der Waals surface area contributed by atoms with E-state index in [4.69, 9.17) is 5.11 Å². The van der Waals surface area contributed by atoms with Gasteiger partial charge in [0.25, 0.3) is 5.91 Å². The zero-order valence-corrected chi connectivity index (χ0v) is 19.0. The molecular formula is C26H27N3O4. The van der Waals surface area contributed by atoms with Crippen molar-refractivity contribution in [2.75, 3.05) is 17.7 Å². The van der Waals surface area contributed by atoms with Crippen LogP contribution < -0.4 is 10.6 Å². The first-order valence-corrected chi connectivity index (χ1v) is 10.5. The third-order valence-corrected chi connectivity index (χ3v) is 5.50. The molecule has 0 bridgehead atoms. The van der Waals surface area contributed by atoms with Crippen molar-refractivity contribution >= 4 is 29.3 Å². The minimum atomic E-state index is -1.06. The summed E-state index contributed by atoms with van der Waals surface area (Å²) in [4.78, 5) is 37.1. The lowest BCUT2D eigenvalue weighted by atomic mass is 10.0.